The molecule has 4 aliphatic rings. The van der Waals surface area contributed by atoms with E-state index < -0.39 is 0 Å². The van der Waals surface area contributed by atoms with Crippen molar-refractivity contribution in [2.75, 3.05) is 24.5 Å². The van der Waals surface area contributed by atoms with Gasteiger partial charge in [-0.3, -0.25) is 9.98 Å². The largest absolute Gasteiger partial charge is 0.376 e. The number of aryl methyl sites for hydroxylation is 2. The Morgan fingerprint density at radius 1 is 0.896 bits per heavy atom. The maximum atomic E-state index is 5.03. The number of hydrogen-bond acceptors (Lipinski definition) is 5. The van der Waals surface area contributed by atoms with Gasteiger partial charge in [0.05, 0.1) is 5.70 Å². The van der Waals surface area contributed by atoms with Gasteiger partial charge in [-0.1, -0.05) is 58.4 Å². The number of pyridine rings is 2. The second-order valence-electron chi connectivity index (χ2n) is 14.9. The van der Waals surface area contributed by atoms with Crippen molar-refractivity contribution in [2.45, 2.75) is 130 Å². The molecular weight excluding hydrogens is 587 g/mol. The summed E-state index contributed by atoms with van der Waals surface area (Å²) in [7, 11) is 0. The Balaban J connectivity index is 0.000000441. The summed E-state index contributed by atoms with van der Waals surface area (Å²) >= 11 is 0. The Bertz CT molecular complexity index is 1430. The SMILES string of the molecule is C=C(C)N(CC)CCC.C=C(C1CCCCC1)N(CC1CCC(c2ccc(CC)c(C)n2)CC1)c1cc(C2=CCC(C3CC3)=N2)ccn1. The van der Waals surface area contributed by atoms with Crippen molar-refractivity contribution in [1.82, 2.24) is 14.9 Å². The van der Waals surface area contributed by atoms with Crippen LogP contribution in [0.5, 0.6) is 0 Å². The Morgan fingerprint density at radius 3 is 2.23 bits per heavy atom. The molecule has 0 spiro atoms. The first-order valence-electron chi connectivity index (χ1n) is 19.4. The quantitative estimate of drug-likeness (QED) is 0.217. The number of aliphatic imine (C=N–C) groups is 1. The molecule has 48 heavy (non-hydrogen) atoms. The number of aromatic nitrogens is 2. The average Bonchev–Trinajstić information content (AvgIpc) is 3.85. The lowest BCUT2D eigenvalue weighted by Gasteiger charge is -2.37. The van der Waals surface area contributed by atoms with Crippen molar-refractivity contribution < 1.29 is 0 Å². The molecule has 1 aliphatic heterocycles. The lowest BCUT2D eigenvalue weighted by atomic mass is 9.79. The third kappa shape index (κ3) is 9.48. The van der Waals surface area contributed by atoms with Gasteiger partial charge in [0.15, 0.2) is 0 Å². The molecule has 0 atom stereocenters. The second kappa shape index (κ2) is 17.4. The van der Waals surface area contributed by atoms with E-state index in [-0.39, 0.29) is 0 Å². The summed E-state index contributed by atoms with van der Waals surface area (Å²) in [6.07, 6.45) is 21.7. The maximum Gasteiger partial charge on any atom is 0.133 e. The zero-order chi connectivity index (χ0) is 34.0. The lowest BCUT2D eigenvalue weighted by molar-refractivity contribution is 0.320. The van der Waals surface area contributed by atoms with E-state index in [9.17, 15) is 0 Å². The van der Waals surface area contributed by atoms with E-state index in [4.69, 9.17) is 21.5 Å². The van der Waals surface area contributed by atoms with Crippen LogP contribution in [0, 0.1) is 24.7 Å². The van der Waals surface area contributed by atoms with Crippen molar-refractivity contribution in [3.63, 3.8) is 0 Å². The molecule has 3 aliphatic carbocycles. The number of anilines is 1. The van der Waals surface area contributed by atoms with E-state index >= 15 is 0 Å². The highest BCUT2D eigenvalue weighted by molar-refractivity contribution is 5.98. The smallest absolute Gasteiger partial charge is 0.133 e. The normalized spacial score (nSPS) is 21.1. The van der Waals surface area contributed by atoms with Gasteiger partial charge in [0.1, 0.15) is 5.82 Å². The molecule has 3 saturated carbocycles. The minimum absolute atomic E-state index is 0.579. The molecule has 5 nitrogen and oxygen atoms in total. The van der Waals surface area contributed by atoms with E-state index in [1.807, 2.05) is 6.20 Å². The Hall–Kier alpha value is -3.21. The first-order chi connectivity index (χ1) is 23.3. The van der Waals surface area contributed by atoms with Crippen LogP contribution in [0.3, 0.4) is 0 Å². The van der Waals surface area contributed by atoms with Crippen molar-refractivity contribution in [2.24, 2.45) is 22.7 Å². The third-order valence-corrected chi connectivity index (χ3v) is 11.3. The summed E-state index contributed by atoms with van der Waals surface area (Å²) in [5.41, 5.74) is 10.1. The molecule has 5 heteroatoms. The first kappa shape index (κ1) is 36.1. The standard InChI is InChI=1S/C35H46N4.C8H17N/c1-4-27-16-17-32(37-24(27)2)29-12-10-26(11-13-29)23-39(25(3)28-8-6-5-7-9-28)35-22-31(20-21-36-35)34-19-18-33(38-34)30-14-15-30;1-5-7-9(6-2)8(3)4/h16-17,19-22,26,28-30H,3-15,18,23H2,1-2H3;3,5-7H2,1-2,4H3. The highest BCUT2D eigenvalue weighted by Crippen LogP contribution is 2.40. The molecule has 0 radical (unpaired) electrons. The topological polar surface area (TPSA) is 44.6 Å². The minimum Gasteiger partial charge on any atom is -0.376 e. The number of hydrogen-bond donors (Lipinski definition) is 0. The Labute approximate surface area is 292 Å². The Kier molecular flexibility index (Phi) is 13.1. The van der Waals surface area contributed by atoms with Crippen LogP contribution in [0.15, 0.2) is 66.1 Å². The van der Waals surface area contributed by atoms with Crippen LogP contribution in [0.2, 0.25) is 0 Å². The summed E-state index contributed by atoms with van der Waals surface area (Å²) in [5.74, 6) is 3.63. The van der Waals surface area contributed by atoms with Gasteiger partial charge in [0, 0.05) is 72.2 Å². The van der Waals surface area contributed by atoms with Crippen molar-refractivity contribution in [3.05, 3.63) is 83.6 Å². The van der Waals surface area contributed by atoms with Gasteiger partial charge in [-0.05, 0) is 126 Å². The number of allylic oxidation sites excluding steroid dienone is 3. The van der Waals surface area contributed by atoms with Gasteiger partial charge in [-0.15, -0.1) is 0 Å². The van der Waals surface area contributed by atoms with E-state index in [0.29, 0.717) is 17.8 Å². The third-order valence-electron chi connectivity index (χ3n) is 11.3. The fraction of sp³-hybridized carbons (Fsp3) is 0.605. The van der Waals surface area contributed by atoms with E-state index in [1.165, 1.54) is 117 Å². The molecular formula is C43H63N5. The van der Waals surface area contributed by atoms with Crippen molar-refractivity contribution in [1.29, 1.82) is 0 Å². The summed E-state index contributed by atoms with van der Waals surface area (Å²) in [6, 6.07) is 9.01. The molecule has 2 aromatic rings. The first-order valence-corrected chi connectivity index (χ1v) is 19.4. The molecule has 3 fully saturated rings. The molecule has 0 N–H and O–H groups in total. The second-order valence-corrected chi connectivity index (χ2v) is 14.9. The van der Waals surface area contributed by atoms with E-state index in [1.54, 1.807) is 0 Å². The lowest BCUT2D eigenvalue weighted by Crippen LogP contribution is -2.34. The molecule has 0 amide bonds. The molecule has 6 rings (SSSR count). The van der Waals surface area contributed by atoms with Gasteiger partial charge in [-0.2, -0.15) is 0 Å². The van der Waals surface area contributed by atoms with Crippen LogP contribution in [-0.2, 0) is 6.42 Å². The Morgan fingerprint density at radius 2 is 1.62 bits per heavy atom. The van der Waals surface area contributed by atoms with Gasteiger partial charge in [0.25, 0.3) is 0 Å². The molecule has 260 valence electrons. The van der Waals surface area contributed by atoms with Crippen LogP contribution in [0.25, 0.3) is 5.70 Å². The zero-order valence-corrected chi connectivity index (χ0v) is 30.9. The fourth-order valence-electron chi connectivity index (χ4n) is 8.04. The van der Waals surface area contributed by atoms with Crippen molar-refractivity contribution in [3.8, 4) is 0 Å². The van der Waals surface area contributed by atoms with Crippen LogP contribution in [0.4, 0.5) is 5.82 Å². The predicted octanol–water partition coefficient (Wildman–Crippen LogP) is 11.1. The van der Waals surface area contributed by atoms with Gasteiger partial charge < -0.3 is 9.80 Å². The highest BCUT2D eigenvalue weighted by atomic mass is 15.2. The fourth-order valence-corrected chi connectivity index (χ4v) is 8.04. The van der Waals surface area contributed by atoms with E-state index in [2.05, 4.69) is 81.3 Å². The minimum atomic E-state index is 0.579. The average molecular weight is 650 g/mol. The van der Waals surface area contributed by atoms with Crippen LogP contribution >= 0.6 is 0 Å². The van der Waals surface area contributed by atoms with Gasteiger partial charge >= 0.3 is 0 Å². The number of nitrogens with zero attached hydrogens (tertiary/aromatic N) is 5. The molecule has 0 unspecified atom stereocenters. The predicted molar refractivity (Wildman–Crippen MR) is 205 cm³/mol. The summed E-state index contributed by atoms with van der Waals surface area (Å²) in [5, 5.41) is 0. The van der Waals surface area contributed by atoms with Crippen LogP contribution < -0.4 is 4.90 Å². The monoisotopic (exact) mass is 650 g/mol. The van der Waals surface area contributed by atoms with Crippen LogP contribution in [0.1, 0.15) is 140 Å². The highest BCUT2D eigenvalue weighted by Gasteiger charge is 2.31. The maximum absolute atomic E-state index is 5.03. The summed E-state index contributed by atoms with van der Waals surface area (Å²) in [6.45, 7) is 22.6. The summed E-state index contributed by atoms with van der Waals surface area (Å²) < 4.78 is 0. The van der Waals surface area contributed by atoms with E-state index in [0.717, 1.165) is 49.9 Å². The molecule has 3 heterocycles. The summed E-state index contributed by atoms with van der Waals surface area (Å²) in [4.78, 5) is 19.7. The molecule has 0 bridgehead atoms. The number of rotatable bonds is 13. The van der Waals surface area contributed by atoms with Gasteiger partial charge in [0.2, 0.25) is 0 Å². The van der Waals surface area contributed by atoms with Crippen LogP contribution in [-0.4, -0.2) is 40.2 Å². The molecule has 0 aromatic carbocycles. The van der Waals surface area contributed by atoms with Gasteiger partial charge in [-0.25, -0.2) is 4.98 Å². The van der Waals surface area contributed by atoms with Crippen molar-refractivity contribution >= 4 is 17.2 Å². The zero-order valence-electron chi connectivity index (χ0n) is 30.9. The molecule has 2 aromatic heterocycles. The molecule has 0 saturated heterocycles.